The number of benzene rings is 2. The highest BCUT2D eigenvalue weighted by molar-refractivity contribution is 7.71. The molecule has 0 aliphatic carbocycles. The van der Waals surface area contributed by atoms with Crippen LogP contribution in [-0.4, -0.2) is 27.8 Å². The quantitative estimate of drug-likeness (QED) is 0.671. The number of hydrogen-bond acceptors (Lipinski definition) is 4. The maximum atomic E-state index is 12.5. The fourth-order valence-corrected chi connectivity index (χ4v) is 2.91. The van der Waals surface area contributed by atoms with Gasteiger partial charge in [0.15, 0.2) is 10.6 Å². The summed E-state index contributed by atoms with van der Waals surface area (Å²) in [4.78, 5) is 12.5. The molecule has 0 bridgehead atoms. The van der Waals surface area contributed by atoms with Gasteiger partial charge in [-0.3, -0.25) is 14.5 Å². The average Bonchev–Trinajstić information content (AvgIpc) is 2.98. The number of aromatic amines is 1. The molecule has 1 amide bonds. The molecule has 0 radical (unpaired) electrons. The van der Waals surface area contributed by atoms with Crippen LogP contribution in [0.2, 0.25) is 0 Å². The molecule has 0 saturated heterocycles. The molecule has 0 saturated carbocycles. The molecule has 3 aromatic rings. The first-order valence-corrected chi connectivity index (χ1v) is 8.55. The van der Waals surface area contributed by atoms with Crippen molar-refractivity contribution >= 4 is 23.8 Å². The van der Waals surface area contributed by atoms with Crippen LogP contribution in [0.4, 0.5) is 5.69 Å². The van der Waals surface area contributed by atoms with Crippen molar-refractivity contribution in [1.82, 2.24) is 14.8 Å². The number of aromatic nitrogens is 3. The van der Waals surface area contributed by atoms with Crippen LogP contribution in [0.1, 0.15) is 11.1 Å². The normalized spacial score (nSPS) is 10.6. The van der Waals surface area contributed by atoms with Crippen LogP contribution in [0.3, 0.4) is 0 Å². The molecule has 0 aliphatic heterocycles. The summed E-state index contributed by atoms with van der Waals surface area (Å²) in [6.07, 6.45) is 0. The lowest BCUT2D eigenvalue weighted by molar-refractivity contribution is -0.116. The van der Waals surface area contributed by atoms with Crippen LogP contribution in [0, 0.1) is 18.6 Å². The molecule has 134 valence electrons. The van der Waals surface area contributed by atoms with Crippen molar-refractivity contribution in [2.45, 2.75) is 20.4 Å². The minimum Gasteiger partial charge on any atom is -0.497 e. The molecule has 3 rings (SSSR count). The lowest BCUT2D eigenvalue weighted by Gasteiger charge is -2.11. The Morgan fingerprint density at radius 2 is 1.96 bits per heavy atom. The number of H-pyrrole nitrogens is 1. The van der Waals surface area contributed by atoms with Gasteiger partial charge in [0.1, 0.15) is 12.3 Å². The van der Waals surface area contributed by atoms with Gasteiger partial charge in [-0.2, -0.15) is 5.10 Å². The maximum Gasteiger partial charge on any atom is 0.244 e. The molecule has 1 heterocycles. The first-order valence-electron chi connectivity index (χ1n) is 8.14. The molecule has 6 nitrogen and oxygen atoms in total. The zero-order valence-electron chi connectivity index (χ0n) is 14.9. The van der Waals surface area contributed by atoms with Crippen molar-refractivity contribution in [1.29, 1.82) is 0 Å². The van der Waals surface area contributed by atoms with Crippen molar-refractivity contribution in [2.24, 2.45) is 0 Å². The zero-order chi connectivity index (χ0) is 18.7. The van der Waals surface area contributed by atoms with Crippen LogP contribution >= 0.6 is 12.2 Å². The van der Waals surface area contributed by atoms with Crippen molar-refractivity contribution < 1.29 is 9.53 Å². The van der Waals surface area contributed by atoms with Crippen LogP contribution in [0.25, 0.3) is 11.4 Å². The fourth-order valence-electron chi connectivity index (χ4n) is 2.71. The summed E-state index contributed by atoms with van der Waals surface area (Å²) in [6.45, 7) is 4.06. The number of carbonyl (C=O) groups excluding carboxylic acids is 1. The molecule has 0 fully saturated rings. The van der Waals surface area contributed by atoms with Gasteiger partial charge in [0, 0.05) is 11.3 Å². The van der Waals surface area contributed by atoms with E-state index in [0.29, 0.717) is 10.6 Å². The van der Waals surface area contributed by atoms with Gasteiger partial charge in [-0.05, 0) is 62.0 Å². The summed E-state index contributed by atoms with van der Waals surface area (Å²) in [7, 11) is 1.61. The SMILES string of the molecule is COc1ccc(-c2n[nH]c(=S)n2CC(=O)Nc2ccc(C)cc2C)cc1. The predicted octanol–water partition coefficient (Wildman–Crippen LogP) is 3.87. The number of hydrogen-bond donors (Lipinski definition) is 2. The van der Waals surface area contributed by atoms with E-state index in [1.54, 1.807) is 11.7 Å². The standard InChI is InChI=1S/C19H20N4O2S/c1-12-4-9-16(13(2)10-12)20-17(24)11-23-18(21-22-19(23)26)14-5-7-15(25-3)8-6-14/h4-10H,11H2,1-3H3,(H,20,24)(H,22,26). The van der Waals surface area contributed by atoms with E-state index in [9.17, 15) is 4.79 Å². The van der Waals surface area contributed by atoms with E-state index in [0.717, 1.165) is 28.1 Å². The first kappa shape index (κ1) is 17.9. The van der Waals surface area contributed by atoms with E-state index in [4.69, 9.17) is 17.0 Å². The summed E-state index contributed by atoms with van der Waals surface area (Å²) in [5.41, 5.74) is 3.81. The third-order valence-corrected chi connectivity index (χ3v) is 4.38. The topological polar surface area (TPSA) is 71.9 Å². The van der Waals surface area contributed by atoms with Gasteiger partial charge >= 0.3 is 0 Å². The van der Waals surface area contributed by atoms with Crippen molar-refractivity contribution in [2.75, 3.05) is 12.4 Å². The Labute approximate surface area is 156 Å². The second kappa shape index (κ2) is 7.53. The van der Waals surface area contributed by atoms with Crippen LogP contribution in [0.5, 0.6) is 5.75 Å². The number of methoxy groups -OCH3 is 1. The summed E-state index contributed by atoms with van der Waals surface area (Å²) in [5, 5.41) is 9.94. The third-order valence-electron chi connectivity index (χ3n) is 4.06. The smallest absolute Gasteiger partial charge is 0.244 e. The molecule has 1 aromatic heterocycles. The van der Waals surface area contributed by atoms with E-state index < -0.39 is 0 Å². The molecule has 26 heavy (non-hydrogen) atoms. The molecule has 7 heteroatoms. The second-order valence-electron chi connectivity index (χ2n) is 6.03. The summed E-state index contributed by atoms with van der Waals surface area (Å²) < 4.78 is 7.24. The Morgan fingerprint density at radius 3 is 2.62 bits per heavy atom. The molecule has 0 spiro atoms. The number of rotatable bonds is 5. The maximum absolute atomic E-state index is 12.5. The van der Waals surface area contributed by atoms with Gasteiger partial charge < -0.3 is 10.1 Å². The number of anilines is 1. The van der Waals surface area contributed by atoms with Gasteiger partial charge in [-0.15, -0.1) is 0 Å². The Balaban J connectivity index is 1.82. The van der Waals surface area contributed by atoms with Crippen molar-refractivity contribution in [3.05, 3.63) is 58.4 Å². The van der Waals surface area contributed by atoms with Crippen LogP contribution in [-0.2, 0) is 11.3 Å². The number of amides is 1. The predicted molar refractivity (Wildman–Crippen MR) is 104 cm³/mol. The molecule has 0 atom stereocenters. The average molecular weight is 368 g/mol. The van der Waals surface area contributed by atoms with E-state index in [1.165, 1.54) is 0 Å². The highest BCUT2D eigenvalue weighted by atomic mass is 32.1. The second-order valence-corrected chi connectivity index (χ2v) is 6.42. The molecular formula is C19H20N4O2S. The van der Waals surface area contributed by atoms with E-state index in [2.05, 4.69) is 15.5 Å². The lowest BCUT2D eigenvalue weighted by atomic mass is 10.1. The Kier molecular flexibility index (Phi) is 5.18. The van der Waals surface area contributed by atoms with E-state index >= 15 is 0 Å². The minimum atomic E-state index is -0.163. The largest absolute Gasteiger partial charge is 0.497 e. The number of ether oxygens (including phenoxy) is 1. The van der Waals surface area contributed by atoms with E-state index in [1.807, 2.05) is 56.3 Å². The van der Waals surface area contributed by atoms with Gasteiger partial charge in [0.2, 0.25) is 5.91 Å². The van der Waals surface area contributed by atoms with Gasteiger partial charge in [0.05, 0.1) is 7.11 Å². The van der Waals surface area contributed by atoms with Gasteiger partial charge in [0.25, 0.3) is 0 Å². The minimum absolute atomic E-state index is 0.0734. The Hall–Kier alpha value is -2.93. The van der Waals surface area contributed by atoms with E-state index in [-0.39, 0.29) is 12.5 Å². The molecule has 0 unspecified atom stereocenters. The molecule has 0 aliphatic rings. The monoisotopic (exact) mass is 368 g/mol. The van der Waals surface area contributed by atoms with Gasteiger partial charge in [-0.25, -0.2) is 0 Å². The fraction of sp³-hybridized carbons (Fsp3) is 0.211. The molecule has 2 aromatic carbocycles. The number of nitrogens with zero attached hydrogens (tertiary/aromatic N) is 2. The van der Waals surface area contributed by atoms with Crippen molar-refractivity contribution in [3.8, 4) is 17.1 Å². The number of nitrogens with one attached hydrogen (secondary N) is 2. The Bertz CT molecular complexity index is 990. The lowest BCUT2D eigenvalue weighted by Crippen LogP contribution is -2.20. The molecule has 2 N–H and O–H groups in total. The zero-order valence-corrected chi connectivity index (χ0v) is 15.7. The number of aryl methyl sites for hydroxylation is 2. The molecular weight excluding hydrogens is 348 g/mol. The summed E-state index contributed by atoms with van der Waals surface area (Å²) in [6, 6.07) is 13.3. The highest BCUT2D eigenvalue weighted by Gasteiger charge is 2.13. The highest BCUT2D eigenvalue weighted by Crippen LogP contribution is 2.21. The van der Waals surface area contributed by atoms with Crippen LogP contribution in [0.15, 0.2) is 42.5 Å². The van der Waals surface area contributed by atoms with Crippen molar-refractivity contribution in [3.63, 3.8) is 0 Å². The number of carbonyl (C=O) groups is 1. The summed E-state index contributed by atoms with van der Waals surface area (Å²) >= 11 is 5.29. The Morgan fingerprint density at radius 1 is 1.23 bits per heavy atom. The third kappa shape index (κ3) is 3.83. The summed E-state index contributed by atoms with van der Waals surface area (Å²) in [5.74, 6) is 1.19. The van der Waals surface area contributed by atoms with Crippen LogP contribution < -0.4 is 10.1 Å². The first-order chi connectivity index (χ1) is 12.5. The van der Waals surface area contributed by atoms with Gasteiger partial charge in [-0.1, -0.05) is 17.7 Å².